The number of nitrogens with zero attached hydrogens (tertiary/aromatic N) is 1. The average molecular weight is 337 g/mol. The fraction of sp³-hybridized carbons (Fsp3) is 0.286. The lowest BCUT2D eigenvalue weighted by Crippen LogP contribution is -2.32. The number of carbonyl (C=O) groups excluding carboxylic acids is 1. The number of rotatable bonds is 3. The number of fused-ring (bicyclic) bond motifs is 1. The second-order valence-corrected chi connectivity index (χ2v) is 5.67. The molecule has 1 aromatic carbocycles. The van der Waals surface area contributed by atoms with Crippen LogP contribution in [-0.4, -0.2) is 18.9 Å². The van der Waals surface area contributed by atoms with Gasteiger partial charge in [-0.1, -0.05) is 12.2 Å². The van der Waals surface area contributed by atoms with E-state index in [9.17, 15) is 4.79 Å². The Morgan fingerprint density at radius 2 is 2.10 bits per heavy atom. The monoisotopic (exact) mass is 336 g/mol. The summed E-state index contributed by atoms with van der Waals surface area (Å²) < 4.78 is 11.4. The number of ether oxygens (including phenoxy) is 2. The standard InChI is InChI=1S/C14H13BrN2O3/c1-8-2-9(3-8)14(18)17-16-6-10-4-12-13(5-11(10)15)20-7-19-12/h4-6,9H,1-3,7H2,(H,17,18)/b16-6-. The number of hydrogen-bond acceptors (Lipinski definition) is 4. The lowest BCUT2D eigenvalue weighted by Gasteiger charge is -2.25. The van der Waals surface area contributed by atoms with Crippen LogP contribution < -0.4 is 14.9 Å². The van der Waals surface area contributed by atoms with E-state index in [0.717, 1.165) is 28.5 Å². The van der Waals surface area contributed by atoms with Gasteiger partial charge in [-0.3, -0.25) is 4.79 Å². The molecule has 1 N–H and O–H groups in total. The van der Waals surface area contributed by atoms with Gasteiger partial charge in [0.25, 0.3) is 0 Å². The Morgan fingerprint density at radius 3 is 2.80 bits per heavy atom. The summed E-state index contributed by atoms with van der Waals surface area (Å²) in [6, 6.07) is 3.63. The van der Waals surface area contributed by atoms with Crippen LogP contribution in [0.1, 0.15) is 18.4 Å². The van der Waals surface area contributed by atoms with Crippen LogP contribution in [0.3, 0.4) is 0 Å². The predicted molar refractivity (Wildman–Crippen MR) is 77.9 cm³/mol. The molecule has 1 fully saturated rings. The van der Waals surface area contributed by atoms with Gasteiger partial charge < -0.3 is 9.47 Å². The molecule has 0 unspecified atom stereocenters. The number of hydrogen-bond donors (Lipinski definition) is 1. The van der Waals surface area contributed by atoms with E-state index >= 15 is 0 Å². The van der Waals surface area contributed by atoms with Crippen LogP contribution in [0.5, 0.6) is 11.5 Å². The normalized spacial score (nSPS) is 17.4. The Morgan fingerprint density at radius 1 is 1.40 bits per heavy atom. The topological polar surface area (TPSA) is 59.9 Å². The zero-order valence-corrected chi connectivity index (χ0v) is 12.3. The fourth-order valence-corrected chi connectivity index (χ4v) is 2.54. The number of halogens is 1. The summed E-state index contributed by atoms with van der Waals surface area (Å²) in [4.78, 5) is 11.7. The van der Waals surface area contributed by atoms with Crippen LogP contribution in [0.2, 0.25) is 0 Å². The molecule has 1 aromatic rings. The molecule has 0 bridgehead atoms. The number of amides is 1. The molecule has 1 heterocycles. The first-order valence-electron chi connectivity index (χ1n) is 6.22. The molecule has 1 aliphatic carbocycles. The maximum atomic E-state index is 11.7. The van der Waals surface area contributed by atoms with Crippen molar-refractivity contribution in [3.8, 4) is 11.5 Å². The van der Waals surface area contributed by atoms with Crippen molar-refractivity contribution in [2.45, 2.75) is 12.8 Å². The quantitative estimate of drug-likeness (QED) is 0.524. The molecule has 6 heteroatoms. The van der Waals surface area contributed by atoms with E-state index in [1.807, 2.05) is 12.1 Å². The number of benzene rings is 1. The largest absolute Gasteiger partial charge is 0.454 e. The highest BCUT2D eigenvalue weighted by atomic mass is 79.9. The summed E-state index contributed by atoms with van der Waals surface area (Å²) in [7, 11) is 0. The van der Waals surface area contributed by atoms with Crippen molar-refractivity contribution in [1.29, 1.82) is 0 Å². The SMILES string of the molecule is C=C1CC(C(=O)N/N=C\c2cc3c(cc2Br)OCO3)C1. The van der Waals surface area contributed by atoms with E-state index in [4.69, 9.17) is 9.47 Å². The zero-order valence-electron chi connectivity index (χ0n) is 10.7. The highest BCUT2D eigenvalue weighted by Crippen LogP contribution is 2.36. The second-order valence-electron chi connectivity index (χ2n) is 4.82. The molecule has 0 aromatic heterocycles. The van der Waals surface area contributed by atoms with E-state index in [-0.39, 0.29) is 18.6 Å². The number of hydrazone groups is 1. The Labute approximate surface area is 124 Å². The van der Waals surface area contributed by atoms with Crippen LogP contribution in [0, 0.1) is 5.92 Å². The molecule has 20 heavy (non-hydrogen) atoms. The molecule has 0 radical (unpaired) electrons. The summed E-state index contributed by atoms with van der Waals surface area (Å²) in [5.74, 6) is 1.33. The van der Waals surface area contributed by atoms with Crippen molar-refractivity contribution in [3.63, 3.8) is 0 Å². The fourth-order valence-electron chi connectivity index (χ4n) is 2.11. The van der Waals surface area contributed by atoms with Crippen LogP contribution >= 0.6 is 15.9 Å². The van der Waals surface area contributed by atoms with Crippen LogP contribution in [0.25, 0.3) is 0 Å². The summed E-state index contributed by atoms with van der Waals surface area (Å²) in [6.07, 6.45) is 3.10. The summed E-state index contributed by atoms with van der Waals surface area (Å²) in [5.41, 5.74) is 4.48. The molecule has 104 valence electrons. The third kappa shape index (κ3) is 2.56. The van der Waals surface area contributed by atoms with Crippen LogP contribution in [0.15, 0.2) is 33.9 Å². The van der Waals surface area contributed by atoms with Gasteiger partial charge in [-0.15, -0.1) is 0 Å². The molecule has 0 saturated heterocycles. The zero-order chi connectivity index (χ0) is 14.1. The molecule has 0 atom stereocenters. The number of carbonyl (C=O) groups is 1. The molecule has 1 amide bonds. The Balaban J connectivity index is 1.64. The minimum absolute atomic E-state index is 0.0137. The molecule has 0 spiro atoms. The van der Waals surface area contributed by atoms with Gasteiger partial charge in [-0.25, -0.2) is 5.43 Å². The van der Waals surface area contributed by atoms with Gasteiger partial charge in [0.1, 0.15) is 0 Å². The van der Waals surface area contributed by atoms with Crippen molar-refractivity contribution >= 4 is 28.1 Å². The van der Waals surface area contributed by atoms with Crippen molar-refractivity contribution in [2.75, 3.05) is 6.79 Å². The minimum Gasteiger partial charge on any atom is -0.454 e. The van der Waals surface area contributed by atoms with Gasteiger partial charge in [-0.2, -0.15) is 5.10 Å². The molecular formula is C14H13BrN2O3. The van der Waals surface area contributed by atoms with Gasteiger partial charge in [0, 0.05) is 16.0 Å². The maximum Gasteiger partial charge on any atom is 0.243 e. The van der Waals surface area contributed by atoms with Gasteiger partial charge in [0.15, 0.2) is 11.5 Å². The van der Waals surface area contributed by atoms with E-state index in [1.165, 1.54) is 0 Å². The summed E-state index contributed by atoms with van der Waals surface area (Å²) in [6.45, 7) is 4.04. The molecule has 1 saturated carbocycles. The van der Waals surface area contributed by atoms with Gasteiger partial charge in [-0.05, 0) is 40.9 Å². The first-order valence-corrected chi connectivity index (χ1v) is 7.01. The summed E-state index contributed by atoms with van der Waals surface area (Å²) >= 11 is 3.43. The van der Waals surface area contributed by atoms with Crippen LogP contribution in [0.4, 0.5) is 0 Å². The van der Waals surface area contributed by atoms with E-state index < -0.39 is 0 Å². The smallest absolute Gasteiger partial charge is 0.243 e. The van der Waals surface area contributed by atoms with E-state index in [2.05, 4.69) is 33.0 Å². The van der Waals surface area contributed by atoms with Crippen molar-refractivity contribution < 1.29 is 14.3 Å². The molecule has 1 aliphatic heterocycles. The highest BCUT2D eigenvalue weighted by Gasteiger charge is 2.28. The molecule has 2 aliphatic rings. The number of allylic oxidation sites excluding steroid dienone is 1. The van der Waals surface area contributed by atoms with Gasteiger partial charge >= 0.3 is 0 Å². The highest BCUT2D eigenvalue weighted by molar-refractivity contribution is 9.10. The Kier molecular flexibility index (Phi) is 3.48. The maximum absolute atomic E-state index is 11.7. The average Bonchev–Trinajstić information content (AvgIpc) is 2.82. The number of nitrogens with one attached hydrogen (secondary N) is 1. The molecule has 5 nitrogen and oxygen atoms in total. The predicted octanol–water partition coefficient (Wildman–Crippen LogP) is 2.59. The Bertz CT molecular complexity index is 605. The van der Waals surface area contributed by atoms with Crippen molar-refractivity contribution in [3.05, 3.63) is 34.3 Å². The van der Waals surface area contributed by atoms with E-state index in [1.54, 1.807) is 6.21 Å². The lowest BCUT2D eigenvalue weighted by atomic mass is 9.81. The molecule has 3 rings (SSSR count). The summed E-state index contributed by atoms with van der Waals surface area (Å²) in [5, 5.41) is 3.98. The third-order valence-corrected chi connectivity index (χ3v) is 4.00. The first-order chi connectivity index (χ1) is 9.63. The third-order valence-electron chi connectivity index (χ3n) is 3.31. The van der Waals surface area contributed by atoms with Gasteiger partial charge in [0.05, 0.1) is 6.21 Å². The second kappa shape index (κ2) is 5.28. The van der Waals surface area contributed by atoms with Crippen molar-refractivity contribution in [2.24, 2.45) is 11.0 Å². The first kappa shape index (κ1) is 13.2. The van der Waals surface area contributed by atoms with Crippen LogP contribution in [-0.2, 0) is 4.79 Å². The van der Waals surface area contributed by atoms with Crippen molar-refractivity contribution in [1.82, 2.24) is 5.43 Å². The van der Waals surface area contributed by atoms with E-state index in [0.29, 0.717) is 11.5 Å². The Hall–Kier alpha value is -1.82. The lowest BCUT2D eigenvalue weighted by molar-refractivity contribution is -0.126. The minimum atomic E-state index is -0.0643. The molecular weight excluding hydrogens is 324 g/mol. The van der Waals surface area contributed by atoms with Gasteiger partial charge in [0.2, 0.25) is 12.7 Å².